The average molecular weight is 460 g/mol. The normalized spacial score (nSPS) is 16.1. The predicted molar refractivity (Wildman–Crippen MR) is 125 cm³/mol. The molecule has 7 heteroatoms. The summed E-state index contributed by atoms with van der Waals surface area (Å²) in [6.07, 6.45) is 2.18. The molecule has 1 aliphatic heterocycles. The number of rotatable bonds is 16. The molecule has 0 saturated carbocycles. The van der Waals surface area contributed by atoms with E-state index < -0.39 is 0 Å². The van der Waals surface area contributed by atoms with Crippen molar-refractivity contribution in [1.29, 1.82) is 0 Å². The van der Waals surface area contributed by atoms with Crippen molar-refractivity contribution >= 4 is 23.4 Å². The zero-order chi connectivity index (χ0) is 24.2. The van der Waals surface area contributed by atoms with Gasteiger partial charge in [0.05, 0.1) is 19.8 Å². The van der Waals surface area contributed by atoms with E-state index in [0.29, 0.717) is 58.0 Å². The first-order valence-corrected chi connectivity index (χ1v) is 11.9. The van der Waals surface area contributed by atoms with Crippen LogP contribution in [0.3, 0.4) is 0 Å². The molecule has 1 atom stereocenters. The second-order valence-electron chi connectivity index (χ2n) is 8.97. The van der Waals surface area contributed by atoms with Crippen molar-refractivity contribution in [1.82, 2.24) is 4.90 Å². The van der Waals surface area contributed by atoms with Crippen LogP contribution in [0.2, 0.25) is 0 Å². The van der Waals surface area contributed by atoms with Gasteiger partial charge in [0.25, 0.3) is 0 Å². The molecule has 0 spiro atoms. The summed E-state index contributed by atoms with van der Waals surface area (Å²) >= 11 is 0. The van der Waals surface area contributed by atoms with Crippen LogP contribution in [-0.2, 0) is 35.1 Å². The lowest BCUT2D eigenvalue weighted by atomic mass is 10.00. The molecular weight excluding hydrogens is 422 g/mol. The van der Waals surface area contributed by atoms with E-state index in [-0.39, 0.29) is 48.7 Å². The monoisotopic (exact) mass is 459 g/mol. The first-order valence-electron chi connectivity index (χ1n) is 11.9. The van der Waals surface area contributed by atoms with E-state index in [2.05, 4.69) is 26.0 Å². The number of carbonyl (C=O) groups excluding carboxylic acids is 4. The lowest BCUT2D eigenvalue weighted by molar-refractivity contribution is -0.139. The van der Waals surface area contributed by atoms with Gasteiger partial charge in [-0.1, -0.05) is 45.0 Å². The van der Waals surface area contributed by atoms with Gasteiger partial charge in [0.1, 0.15) is 11.6 Å². The van der Waals surface area contributed by atoms with E-state index in [1.807, 2.05) is 12.1 Å². The minimum atomic E-state index is -0.275. The molecule has 7 nitrogen and oxygen atoms in total. The van der Waals surface area contributed by atoms with Crippen LogP contribution in [0.4, 0.5) is 0 Å². The number of ketones is 2. The zero-order valence-electron chi connectivity index (χ0n) is 20.1. The van der Waals surface area contributed by atoms with Crippen LogP contribution in [-0.4, -0.2) is 61.3 Å². The maximum Gasteiger partial charge on any atom is 0.232 e. The van der Waals surface area contributed by atoms with Gasteiger partial charge in [-0.15, -0.1) is 0 Å². The Morgan fingerprint density at radius 3 is 2.21 bits per heavy atom. The largest absolute Gasteiger partial charge is 0.379 e. The molecule has 182 valence electrons. The molecule has 1 aliphatic rings. The third-order valence-electron chi connectivity index (χ3n) is 5.77. The number of Topliss-reactive ketones (excluding diaryl/α,β-unsaturated/α-hetero) is 2. The summed E-state index contributed by atoms with van der Waals surface area (Å²) in [7, 11) is 0. The molecule has 0 bridgehead atoms. The van der Waals surface area contributed by atoms with Gasteiger partial charge in [-0.2, -0.15) is 0 Å². The summed E-state index contributed by atoms with van der Waals surface area (Å²) < 4.78 is 10.9. The highest BCUT2D eigenvalue weighted by molar-refractivity contribution is 6.03. The van der Waals surface area contributed by atoms with Crippen LogP contribution < -0.4 is 0 Å². The number of imide groups is 1. The summed E-state index contributed by atoms with van der Waals surface area (Å²) in [6.45, 7) is 7.83. The standard InChI is InChI=1S/C26H37NO6/c1-19(2)22-8-6-21(7-9-22)18-24(29)11-14-33-16-15-32-13-4-5-23(28)10-12-27-25(30)17-20(3)26(27)31/h6-9,19-20H,4-5,10-18H2,1-3H3. The number of likely N-dealkylation sites (tertiary alicyclic amines) is 1. The number of hydrogen-bond acceptors (Lipinski definition) is 6. The summed E-state index contributed by atoms with van der Waals surface area (Å²) in [6, 6.07) is 8.17. The Balaban J connectivity index is 1.43. The van der Waals surface area contributed by atoms with Gasteiger partial charge in [-0.05, 0) is 23.5 Å². The number of hydrogen-bond donors (Lipinski definition) is 0. The summed E-state index contributed by atoms with van der Waals surface area (Å²) in [5, 5.41) is 0. The Hall–Kier alpha value is -2.38. The number of benzene rings is 1. The van der Waals surface area contributed by atoms with Crippen LogP contribution in [0.5, 0.6) is 0 Å². The third kappa shape index (κ3) is 9.56. The van der Waals surface area contributed by atoms with Crippen LogP contribution in [0.15, 0.2) is 24.3 Å². The van der Waals surface area contributed by atoms with Crippen molar-refractivity contribution < 1.29 is 28.7 Å². The van der Waals surface area contributed by atoms with Crippen LogP contribution in [0.25, 0.3) is 0 Å². The molecule has 0 N–H and O–H groups in total. The average Bonchev–Trinajstić information content (AvgIpc) is 3.02. The number of nitrogens with zero attached hydrogens (tertiary/aromatic N) is 1. The fraction of sp³-hybridized carbons (Fsp3) is 0.615. The number of amides is 2. The second kappa shape index (κ2) is 14.0. The van der Waals surface area contributed by atoms with Crippen molar-refractivity contribution in [3.63, 3.8) is 0 Å². The quantitative estimate of drug-likeness (QED) is 0.278. The van der Waals surface area contributed by atoms with Crippen molar-refractivity contribution in [2.45, 2.75) is 65.2 Å². The second-order valence-corrected chi connectivity index (χ2v) is 8.97. The van der Waals surface area contributed by atoms with Crippen molar-refractivity contribution in [2.24, 2.45) is 5.92 Å². The fourth-order valence-electron chi connectivity index (χ4n) is 3.66. The van der Waals surface area contributed by atoms with E-state index in [1.165, 1.54) is 10.5 Å². The maximum atomic E-state index is 12.1. The smallest absolute Gasteiger partial charge is 0.232 e. The molecule has 1 aromatic rings. The van der Waals surface area contributed by atoms with Gasteiger partial charge in [0.15, 0.2) is 0 Å². The highest BCUT2D eigenvalue weighted by Crippen LogP contribution is 2.19. The molecule has 1 fully saturated rings. The first kappa shape index (κ1) is 26.9. The molecule has 1 heterocycles. The zero-order valence-corrected chi connectivity index (χ0v) is 20.1. The molecule has 0 aliphatic carbocycles. The van der Waals surface area contributed by atoms with E-state index in [1.54, 1.807) is 6.92 Å². The minimum absolute atomic E-state index is 0.0207. The first-order chi connectivity index (χ1) is 15.8. The van der Waals surface area contributed by atoms with Crippen molar-refractivity contribution in [3.8, 4) is 0 Å². The topological polar surface area (TPSA) is 90.0 Å². The van der Waals surface area contributed by atoms with Crippen molar-refractivity contribution in [3.05, 3.63) is 35.4 Å². The Labute approximate surface area is 196 Å². The molecule has 33 heavy (non-hydrogen) atoms. The van der Waals surface area contributed by atoms with E-state index in [4.69, 9.17) is 9.47 Å². The molecule has 1 saturated heterocycles. The Morgan fingerprint density at radius 1 is 0.939 bits per heavy atom. The minimum Gasteiger partial charge on any atom is -0.379 e. The summed E-state index contributed by atoms with van der Waals surface area (Å²) in [4.78, 5) is 48.8. The lowest BCUT2D eigenvalue weighted by Crippen LogP contribution is -2.32. The Kier molecular flexibility index (Phi) is 11.4. The van der Waals surface area contributed by atoms with E-state index in [0.717, 1.165) is 5.56 Å². The van der Waals surface area contributed by atoms with Gasteiger partial charge in [-0.3, -0.25) is 24.1 Å². The Bertz CT molecular complexity index is 802. The lowest BCUT2D eigenvalue weighted by Gasteiger charge is -2.13. The van der Waals surface area contributed by atoms with Gasteiger partial charge in [0, 0.05) is 51.2 Å². The molecule has 1 aromatic carbocycles. The van der Waals surface area contributed by atoms with Gasteiger partial charge < -0.3 is 9.47 Å². The number of carbonyl (C=O) groups is 4. The molecule has 1 unspecified atom stereocenters. The molecule has 0 aromatic heterocycles. The third-order valence-corrected chi connectivity index (χ3v) is 5.77. The summed E-state index contributed by atoms with van der Waals surface area (Å²) in [5.41, 5.74) is 2.29. The Morgan fingerprint density at radius 2 is 1.61 bits per heavy atom. The maximum absolute atomic E-state index is 12.1. The van der Waals surface area contributed by atoms with Gasteiger partial charge in [0.2, 0.25) is 11.8 Å². The van der Waals surface area contributed by atoms with Crippen LogP contribution >= 0.6 is 0 Å². The van der Waals surface area contributed by atoms with Gasteiger partial charge >= 0.3 is 0 Å². The van der Waals surface area contributed by atoms with E-state index >= 15 is 0 Å². The summed E-state index contributed by atoms with van der Waals surface area (Å²) in [5.74, 6) is 0.00599. The van der Waals surface area contributed by atoms with Crippen molar-refractivity contribution in [2.75, 3.05) is 33.0 Å². The number of ether oxygens (including phenoxy) is 2. The SMILES string of the molecule is CC1CC(=O)N(CCC(=O)CCCOCCOCCC(=O)Cc2ccc(C(C)C)cc2)C1=O. The van der Waals surface area contributed by atoms with Crippen LogP contribution in [0, 0.1) is 5.92 Å². The predicted octanol–water partition coefficient (Wildman–Crippen LogP) is 3.48. The van der Waals surface area contributed by atoms with E-state index in [9.17, 15) is 19.2 Å². The fourth-order valence-corrected chi connectivity index (χ4v) is 3.66. The van der Waals surface area contributed by atoms with Gasteiger partial charge in [-0.25, -0.2) is 0 Å². The molecule has 2 rings (SSSR count). The highest BCUT2D eigenvalue weighted by Gasteiger charge is 2.35. The molecular formula is C26H37NO6. The molecule has 0 radical (unpaired) electrons. The highest BCUT2D eigenvalue weighted by atomic mass is 16.5. The molecule has 2 amide bonds. The van der Waals surface area contributed by atoms with Crippen LogP contribution in [0.1, 0.15) is 69.9 Å².